The number of halogens is 3. The zero-order valence-electron chi connectivity index (χ0n) is 13.2. The maximum atomic E-state index is 13.0. The Kier molecular flexibility index (Phi) is 4.04. The Labute approximate surface area is 137 Å². The molecule has 1 aliphatic rings. The lowest BCUT2D eigenvalue weighted by Crippen LogP contribution is -2.25. The summed E-state index contributed by atoms with van der Waals surface area (Å²) in [5.74, 6) is 0.709. The van der Waals surface area contributed by atoms with Gasteiger partial charge in [-0.1, -0.05) is 6.07 Å². The summed E-state index contributed by atoms with van der Waals surface area (Å²) < 4.78 is 49.6. The first kappa shape index (κ1) is 16.4. The second-order valence-electron chi connectivity index (χ2n) is 5.66. The van der Waals surface area contributed by atoms with Crippen LogP contribution in [-0.2, 0) is 6.18 Å². The van der Waals surface area contributed by atoms with Crippen LogP contribution in [0.3, 0.4) is 0 Å². The van der Waals surface area contributed by atoms with Crippen molar-refractivity contribution < 1.29 is 22.3 Å². The molecule has 1 aliphatic heterocycles. The molecule has 24 heavy (non-hydrogen) atoms. The quantitative estimate of drug-likeness (QED) is 0.908. The lowest BCUT2D eigenvalue weighted by atomic mass is 9.95. The highest BCUT2D eigenvalue weighted by Gasteiger charge is 2.34. The van der Waals surface area contributed by atoms with Gasteiger partial charge in [-0.25, -0.2) is 0 Å². The minimum absolute atomic E-state index is 0.175. The van der Waals surface area contributed by atoms with E-state index in [1.54, 1.807) is 6.07 Å². The molecule has 0 bridgehead atoms. The van der Waals surface area contributed by atoms with Gasteiger partial charge in [-0.05, 0) is 31.3 Å². The van der Waals surface area contributed by atoms with Gasteiger partial charge in [-0.2, -0.15) is 13.2 Å². The molecule has 3 rings (SSSR count). The third-order valence-electron chi connectivity index (χ3n) is 4.15. The van der Waals surface area contributed by atoms with E-state index < -0.39 is 11.7 Å². The minimum Gasteiger partial charge on any atom is -0.496 e. The number of benzene rings is 1. The van der Waals surface area contributed by atoms with E-state index in [1.165, 1.54) is 19.4 Å². The maximum absolute atomic E-state index is 13.0. The summed E-state index contributed by atoms with van der Waals surface area (Å²) in [6.07, 6.45) is -1.08. The lowest BCUT2D eigenvalue weighted by Gasteiger charge is -2.27. The van der Waals surface area contributed by atoms with Gasteiger partial charge >= 0.3 is 6.18 Å². The summed E-state index contributed by atoms with van der Waals surface area (Å²) in [6.45, 7) is 0.533. The van der Waals surface area contributed by atoms with Gasteiger partial charge in [-0.15, -0.1) is 0 Å². The van der Waals surface area contributed by atoms with Crippen LogP contribution in [0.5, 0.6) is 5.75 Å². The second-order valence-corrected chi connectivity index (χ2v) is 5.66. The van der Waals surface area contributed by atoms with E-state index in [4.69, 9.17) is 14.9 Å². The molecule has 0 saturated heterocycles. The van der Waals surface area contributed by atoms with Gasteiger partial charge in [0.05, 0.1) is 30.7 Å². The molecular formula is C17H17F3N2O2. The van der Waals surface area contributed by atoms with Gasteiger partial charge < -0.3 is 14.9 Å². The number of hydrogen-bond donors (Lipinski definition) is 1. The van der Waals surface area contributed by atoms with Crippen LogP contribution >= 0.6 is 0 Å². The van der Waals surface area contributed by atoms with Gasteiger partial charge in [0.15, 0.2) is 5.76 Å². The minimum atomic E-state index is -4.42. The number of likely N-dealkylation sites (N-methyl/N-ethyl adjacent to an activating group) is 1. The fourth-order valence-corrected chi connectivity index (χ4v) is 2.97. The van der Waals surface area contributed by atoms with Crippen LogP contribution in [0.4, 0.5) is 13.2 Å². The third-order valence-corrected chi connectivity index (χ3v) is 4.15. The van der Waals surface area contributed by atoms with Crippen molar-refractivity contribution in [2.75, 3.05) is 20.7 Å². The molecule has 7 heteroatoms. The molecule has 1 atom stereocenters. The van der Waals surface area contributed by atoms with Crippen LogP contribution in [0, 0.1) is 0 Å². The third kappa shape index (κ3) is 2.75. The number of alkyl halides is 3. The standard InChI is InChI=1S/C17H17F3N2O2/c1-22-7-5-13(21)16-12(6-8-24-16)15(22)11-4-3-10(17(18,19)20)9-14(11)23-2/h3-6,8-9,15H,7,21H2,1-2H3. The Morgan fingerprint density at radius 3 is 2.67 bits per heavy atom. The van der Waals surface area contributed by atoms with Gasteiger partial charge in [0.1, 0.15) is 5.75 Å². The van der Waals surface area contributed by atoms with Gasteiger partial charge in [-0.3, -0.25) is 4.90 Å². The number of nitrogens with two attached hydrogens (primary N) is 1. The molecule has 1 unspecified atom stereocenters. The fraction of sp³-hybridized carbons (Fsp3) is 0.294. The van der Waals surface area contributed by atoms with E-state index >= 15 is 0 Å². The summed E-state index contributed by atoms with van der Waals surface area (Å²) in [6, 6.07) is 4.98. The Balaban J connectivity index is 2.13. The van der Waals surface area contributed by atoms with E-state index in [-0.39, 0.29) is 11.8 Å². The number of fused-ring (bicyclic) bond motifs is 1. The SMILES string of the molecule is COc1cc(C(F)(F)F)ccc1C1c2ccoc2C(N)=CCN1C. The summed E-state index contributed by atoms with van der Waals surface area (Å²) in [5, 5.41) is 0. The number of furan rings is 1. The van der Waals surface area contributed by atoms with E-state index in [2.05, 4.69) is 0 Å². The Hall–Kier alpha value is -2.41. The Morgan fingerprint density at radius 2 is 2.00 bits per heavy atom. The first-order chi connectivity index (χ1) is 11.3. The molecule has 2 aromatic rings. The molecule has 0 radical (unpaired) electrons. The zero-order valence-corrected chi connectivity index (χ0v) is 13.2. The summed E-state index contributed by atoms with van der Waals surface area (Å²) >= 11 is 0. The summed E-state index contributed by atoms with van der Waals surface area (Å²) in [4.78, 5) is 1.97. The molecule has 1 aromatic carbocycles. The average molecular weight is 338 g/mol. The number of rotatable bonds is 2. The van der Waals surface area contributed by atoms with Crippen molar-refractivity contribution >= 4 is 5.70 Å². The van der Waals surface area contributed by atoms with Crippen LogP contribution in [0.15, 0.2) is 41.0 Å². The van der Waals surface area contributed by atoms with Crippen LogP contribution in [0.1, 0.15) is 28.5 Å². The normalized spacial score (nSPS) is 18.7. The molecule has 0 saturated carbocycles. The molecule has 2 heterocycles. The van der Waals surface area contributed by atoms with Gasteiger partial charge in [0.25, 0.3) is 0 Å². The molecule has 0 aliphatic carbocycles. The molecular weight excluding hydrogens is 321 g/mol. The van der Waals surface area contributed by atoms with Crippen molar-refractivity contribution in [3.05, 3.63) is 59.1 Å². The first-order valence-electron chi connectivity index (χ1n) is 7.31. The molecule has 0 spiro atoms. The van der Waals surface area contributed by atoms with E-state index in [0.717, 1.165) is 17.7 Å². The molecule has 4 nitrogen and oxygen atoms in total. The van der Waals surface area contributed by atoms with Gasteiger partial charge in [0, 0.05) is 17.7 Å². The predicted octanol–water partition coefficient (Wildman–Crippen LogP) is 3.64. The number of methoxy groups -OCH3 is 1. The number of hydrogen-bond acceptors (Lipinski definition) is 4. The van der Waals surface area contributed by atoms with Crippen LogP contribution in [-0.4, -0.2) is 25.6 Å². The maximum Gasteiger partial charge on any atom is 0.416 e. The van der Waals surface area contributed by atoms with Crippen molar-refractivity contribution in [3.63, 3.8) is 0 Å². The van der Waals surface area contributed by atoms with Crippen molar-refractivity contribution in [2.24, 2.45) is 5.73 Å². The zero-order chi connectivity index (χ0) is 17.5. The largest absolute Gasteiger partial charge is 0.496 e. The number of ether oxygens (including phenoxy) is 1. The molecule has 0 amide bonds. The fourth-order valence-electron chi connectivity index (χ4n) is 2.97. The van der Waals surface area contributed by atoms with E-state index in [0.29, 0.717) is 23.6 Å². The van der Waals surface area contributed by atoms with Crippen molar-refractivity contribution in [1.82, 2.24) is 4.90 Å². The van der Waals surface area contributed by atoms with E-state index in [9.17, 15) is 13.2 Å². The van der Waals surface area contributed by atoms with Crippen LogP contribution in [0.25, 0.3) is 5.70 Å². The second kappa shape index (κ2) is 5.90. The number of nitrogens with zero attached hydrogens (tertiary/aromatic N) is 1. The molecule has 1 aromatic heterocycles. The molecule has 2 N–H and O–H groups in total. The van der Waals surface area contributed by atoms with E-state index in [1.807, 2.05) is 18.0 Å². The summed E-state index contributed by atoms with van der Waals surface area (Å²) in [7, 11) is 3.23. The summed E-state index contributed by atoms with van der Waals surface area (Å²) in [5.41, 5.74) is 7.19. The van der Waals surface area contributed by atoms with Gasteiger partial charge in [0.2, 0.25) is 0 Å². The highest BCUT2D eigenvalue weighted by atomic mass is 19.4. The highest BCUT2D eigenvalue weighted by molar-refractivity contribution is 5.64. The van der Waals surface area contributed by atoms with Crippen molar-refractivity contribution in [3.8, 4) is 5.75 Å². The van der Waals surface area contributed by atoms with Crippen molar-refractivity contribution in [1.29, 1.82) is 0 Å². The molecule has 0 fully saturated rings. The Morgan fingerprint density at radius 1 is 1.25 bits per heavy atom. The van der Waals surface area contributed by atoms with Crippen LogP contribution < -0.4 is 10.5 Å². The first-order valence-corrected chi connectivity index (χ1v) is 7.31. The highest BCUT2D eigenvalue weighted by Crippen LogP contribution is 2.41. The van der Waals surface area contributed by atoms with Crippen molar-refractivity contribution in [2.45, 2.75) is 12.2 Å². The predicted molar refractivity (Wildman–Crippen MR) is 83.3 cm³/mol. The smallest absolute Gasteiger partial charge is 0.416 e. The molecule has 128 valence electrons. The van der Waals surface area contributed by atoms with Crippen LogP contribution in [0.2, 0.25) is 0 Å². The topological polar surface area (TPSA) is 51.6 Å². The monoisotopic (exact) mass is 338 g/mol. The lowest BCUT2D eigenvalue weighted by molar-refractivity contribution is -0.137. The average Bonchev–Trinajstić information content (AvgIpc) is 2.97. The Bertz CT molecular complexity index is 780.